The van der Waals surface area contributed by atoms with Crippen molar-refractivity contribution in [1.29, 1.82) is 0 Å². The highest BCUT2D eigenvalue weighted by Crippen LogP contribution is 2.32. The Morgan fingerprint density at radius 1 is 1.43 bits per heavy atom. The number of rotatable bonds is 1. The van der Waals surface area contributed by atoms with Gasteiger partial charge in [-0.05, 0) is 17.7 Å². The Kier molecular flexibility index (Phi) is 1.42. The molecule has 0 spiro atoms. The molecule has 0 unspecified atom stereocenters. The summed E-state index contributed by atoms with van der Waals surface area (Å²) in [5.41, 5.74) is 2.50. The minimum absolute atomic E-state index is 0.889. The normalized spacial score (nSPS) is 12.4. The van der Waals surface area contributed by atoms with E-state index in [0.717, 1.165) is 18.1 Å². The lowest BCUT2D eigenvalue weighted by Gasteiger charge is -2.01. The van der Waals surface area contributed by atoms with Crippen molar-refractivity contribution in [2.24, 2.45) is 0 Å². The van der Waals surface area contributed by atoms with Crippen LogP contribution in [0.3, 0.4) is 0 Å². The highest BCUT2D eigenvalue weighted by atomic mass is 16.5. The highest BCUT2D eigenvalue weighted by Gasteiger charge is 2.18. The highest BCUT2D eigenvalue weighted by molar-refractivity contribution is 5.66. The van der Waals surface area contributed by atoms with Gasteiger partial charge in [-0.25, -0.2) is 4.98 Å². The van der Waals surface area contributed by atoms with Gasteiger partial charge in [-0.15, -0.1) is 0 Å². The second kappa shape index (κ2) is 2.61. The molecular weight excluding hydrogens is 176 g/mol. The molecule has 70 valence electrons. The average molecular weight is 186 g/mol. The van der Waals surface area contributed by atoms with E-state index in [4.69, 9.17) is 4.74 Å². The number of benzene rings is 1. The van der Waals surface area contributed by atoms with Crippen LogP contribution in [0.25, 0.3) is 11.4 Å². The number of imidazole rings is 1. The number of ether oxygens (including phenoxy) is 1. The molecule has 0 N–H and O–H groups in total. The number of hydrogen-bond acceptors (Lipinski definition) is 2. The summed E-state index contributed by atoms with van der Waals surface area (Å²) in [4.78, 5) is 4.32. The van der Waals surface area contributed by atoms with Crippen LogP contribution in [0, 0.1) is 0 Å². The fraction of sp³-hybridized carbons (Fsp3) is 0.182. The molecule has 0 saturated carbocycles. The van der Waals surface area contributed by atoms with E-state index >= 15 is 0 Å². The number of hydrogen-bond donors (Lipinski definition) is 0. The van der Waals surface area contributed by atoms with Gasteiger partial charge in [0.05, 0.1) is 7.11 Å². The molecule has 3 heteroatoms. The van der Waals surface area contributed by atoms with Crippen molar-refractivity contribution in [3.8, 4) is 17.1 Å². The Labute approximate surface area is 82.0 Å². The van der Waals surface area contributed by atoms with Crippen LogP contribution in [0.2, 0.25) is 0 Å². The third-order valence-corrected chi connectivity index (χ3v) is 2.61. The lowest BCUT2D eigenvalue weighted by Crippen LogP contribution is -1.88. The lowest BCUT2D eigenvalue weighted by molar-refractivity contribution is 0.415. The maximum Gasteiger partial charge on any atom is 0.140 e. The van der Waals surface area contributed by atoms with Crippen molar-refractivity contribution in [2.75, 3.05) is 7.11 Å². The molecule has 0 bridgehead atoms. The molecule has 2 aromatic rings. The van der Waals surface area contributed by atoms with Gasteiger partial charge in [0.15, 0.2) is 0 Å². The summed E-state index contributed by atoms with van der Waals surface area (Å²) in [7, 11) is 1.68. The first-order valence-corrected chi connectivity index (χ1v) is 4.57. The topological polar surface area (TPSA) is 27.1 Å². The average Bonchev–Trinajstić information content (AvgIpc) is 2.76. The molecule has 3 rings (SSSR count). The zero-order valence-electron chi connectivity index (χ0n) is 7.90. The van der Waals surface area contributed by atoms with Crippen LogP contribution in [0.5, 0.6) is 5.75 Å². The van der Waals surface area contributed by atoms with E-state index in [0.29, 0.717) is 0 Å². The van der Waals surface area contributed by atoms with E-state index in [1.807, 2.05) is 24.5 Å². The van der Waals surface area contributed by atoms with E-state index in [-0.39, 0.29) is 0 Å². The quantitative estimate of drug-likeness (QED) is 0.580. The largest absolute Gasteiger partial charge is 0.497 e. The summed E-state index contributed by atoms with van der Waals surface area (Å²) in [6.07, 6.45) is 3.83. The minimum Gasteiger partial charge on any atom is -0.497 e. The second-order valence-corrected chi connectivity index (χ2v) is 3.40. The first kappa shape index (κ1) is 7.62. The van der Waals surface area contributed by atoms with Gasteiger partial charge in [-0.3, -0.25) is 0 Å². The molecule has 0 radical (unpaired) electrons. The van der Waals surface area contributed by atoms with E-state index in [1.165, 1.54) is 11.1 Å². The zero-order valence-corrected chi connectivity index (χ0v) is 7.90. The first-order valence-electron chi connectivity index (χ1n) is 4.57. The van der Waals surface area contributed by atoms with Crippen LogP contribution in [-0.4, -0.2) is 16.7 Å². The fourth-order valence-corrected chi connectivity index (χ4v) is 1.89. The maximum atomic E-state index is 5.19. The molecule has 3 nitrogen and oxygen atoms in total. The number of fused-ring (bicyclic) bond motifs is 3. The molecule has 1 aliphatic heterocycles. The van der Waals surface area contributed by atoms with Gasteiger partial charge in [0, 0.05) is 24.5 Å². The third kappa shape index (κ3) is 0.894. The van der Waals surface area contributed by atoms with Crippen LogP contribution in [0.15, 0.2) is 30.6 Å². The lowest BCUT2D eigenvalue weighted by atomic mass is 10.1. The van der Waals surface area contributed by atoms with Gasteiger partial charge in [0.1, 0.15) is 11.6 Å². The van der Waals surface area contributed by atoms with Crippen LogP contribution in [0.1, 0.15) is 5.56 Å². The molecule has 1 aliphatic rings. The molecule has 1 aromatic heterocycles. The summed E-state index contributed by atoms with van der Waals surface area (Å²) in [5.74, 6) is 1.93. The van der Waals surface area contributed by atoms with Crippen LogP contribution in [0.4, 0.5) is 0 Å². The van der Waals surface area contributed by atoms with E-state index in [2.05, 4.69) is 15.6 Å². The van der Waals surface area contributed by atoms with Gasteiger partial charge in [0.2, 0.25) is 0 Å². The van der Waals surface area contributed by atoms with Crippen LogP contribution >= 0.6 is 0 Å². The first-order chi connectivity index (χ1) is 6.88. The molecule has 2 heterocycles. The Balaban J connectivity index is 2.22. The molecule has 0 aliphatic carbocycles. The predicted octanol–water partition coefficient (Wildman–Crippen LogP) is 1.92. The summed E-state index contributed by atoms with van der Waals surface area (Å²) < 4.78 is 7.34. The number of methoxy groups -OCH3 is 1. The summed E-state index contributed by atoms with van der Waals surface area (Å²) in [6.45, 7) is 0.925. The van der Waals surface area contributed by atoms with Gasteiger partial charge in [-0.1, -0.05) is 6.07 Å². The van der Waals surface area contributed by atoms with E-state index in [9.17, 15) is 0 Å². The summed E-state index contributed by atoms with van der Waals surface area (Å²) in [5, 5.41) is 0. The second-order valence-electron chi connectivity index (χ2n) is 3.40. The van der Waals surface area contributed by atoms with Crippen molar-refractivity contribution in [3.63, 3.8) is 0 Å². The van der Waals surface area contributed by atoms with Gasteiger partial charge in [-0.2, -0.15) is 0 Å². The Hall–Kier alpha value is -1.77. The van der Waals surface area contributed by atoms with Crippen molar-refractivity contribution in [3.05, 3.63) is 36.2 Å². The fourth-order valence-electron chi connectivity index (χ4n) is 1.89. The van der Waals surface area contributed by atoms with E-state index in [1.54, 1.807) is 7.11 Å². The summed E-state index contributed by atoms with van der Waals surface area (Å²) in [6, 6.07) is 6.13. The molecule has 1 aromatic carbocycles. The van der Waals surface area contributed by atoms with Crippen LogP contribution < -0.4 is 4.74 Å². The molecule has 0 amide bonds. The van der Waals surface area contributed by atoms with E-state index < -0.39 is 0 Å². The molecule has 14 heavy (non-hydrogen) atoms. The smallest absolute Gasteiger partial charge is 0.140 e. The Bertz CT molecular complexity index is 488. The standard InChI is InChI=1S/C11H10N2O/c1-14-9-3-2-8-7-13-5-4-12-11(13)10(8)6-9/h2-6H,7H2,1H3. The Morgan fingerprint density at radius 2 is 2.36 bits per heavy atom. The number of aromatic nitrogens is 2. The van der Waals surface area contributed by atoms with Crippen molar-refractivity contribution < 1.29 is 4.74 Å². The monoisotopic (exact) mass is 186 g/mol. The zero-order chi connectivity index (χ0) is 9.54. The molecule has 0 fully saturated rings. The number of nitrogens with zero attached hydrogens (tertiary/aromatic N) is 2. The molecule has 0 saturated heterocycles. The van der Waals surface area contributed by atoms with Gasteiger partial charge in [0.25, 0.3) is 0 Å². The van der Waals surface area contributed by atoms with Crippen molar-refractivity contribution in [1.82, 2.24) is 9.55 Å². The maximum absolute atomic E-state index is 5.19. The van der Waals surface area contributed by atoms with Crippen molar-refractivity contribution >= 4 is 0 Å². The van der Waals surface area contributed by atoms with Gasteiger partial charge < -0.3 is 9.30 Å². The third-order valence-electron chi connectivity index (χ3n) is 2.61. The molecule has 0 atom stereocenters. The minimum atomic E-state index is 0.889. The SMILES string of the molecule is COc1ccc2c(c1)-c1nccn1C2. The van der Waals surface area contributed by atoms with Crippen molar-refractivity contribution in [2.45, 2.75) is 6.54 Å². The summed E-state index contributed by atoms with van der Waals surface area (Å²) >= 11 is 0. The van der Waals surface area contributed by atoms with Crippen LogP contribution in [-0.2, 0) is 6.54 Å². The molecular formula is C11H10N2O. The van der Waals surface area contributed by atoms with Gasteiger partial charge >= 0.3 is 0 Å². The predicted molar refractivity (Wildman–Crippen MR) is 53.3 cm³/mol. The Morgan fingerprint density at radius 3 is 3.21 bits per heavy atom.